The summed E-state index contributed by atoms with van der Waals surface area (Å²) in [5, 5.41) is 8.79. The zero-order chi connectivity index (χ0) is 15.5. The lowest BCUT2D eigenvalue weighted by molar-refractivity contribution is -0.185. The minimum atomic E-state index is -4.20. The molecule has 1 rings (SSSR count). The van der Waals surface area contributed by atoms with Crippen LogP contribution in [0.25, 0.3) is 0 Å². The van der Waals surface area contributed by atoms with Crippen LogP contribution in [0.2, 0.25) is 0 Å². The van der Waals surface area contributed by atoms with E-state index in [1.54, 1.807) is 13.8 Å². The van der Waals surface area contributed by atoms with Crippen LogP contribution in [0.1, 0.15) is 39.5 Å². The van der Waals surface area contributed by atoms with Crippen LogP contribution in [0.15, 0.2) is 0 Å². The average molecular weight is 295 g/mol. The molecule has 1 fully saturated rings. The molecule has 1 aliphatic rings. The van der Waals surface area contributed by atoms with E-state index in [2.05, 4.69) is 0 Å². The van der Waals surface area contributed by atoms with E-state index in [0.717, 1.165) is 0 Å². The molecule has 1 N–H and O–H groups in total. The fourth-order valence-electron chi connectivity index (χ4n) is 2.56. The number of hydrogen-bond acceptors (Lipinski definition) is 2. The quantitative estimate of drug-likeness (QED) is 0.867. The van der Waals surface area contributed by atoms with Gasteiger partial charge in [-0.2, -0.15) is 13.2 Å². The van der Waals surface area contributed by atoms with Crippen LogP contribution in [0.4, 0.5) is 13.2 Å². The lowest BCUT2D eigenvalue weighted by atomic mass is 9.81. The monoisotopic (exact) mass is 295 g/mol. The summed E-state index contributed by atoms with van der Waals surface area (Å²) in [6, 6.07) is -0.279. The predicted molar refractivity (Wildman–Crippen MR) is 66.0 cm³/mol. The summed E-state index contributed by atoms with van der Waals surface area (Å²) in [5.74, 6) is -3.28. The summed E-state index contributed by atoms with van der Waals surface area (Å²) in [4.78, 5) is 24.2. The third-order valence-corrected chi connectivity index (χ3v) is 3.75. The van der Waals surface area contributed by atoms with Crippen LogP contribution in [0.3, 0.4) is 0 Å². The molecule has 0 aromatic heterocycles. The number of carbonyl (C=O) groups excluding carboxylic acids is 1. The van der Waals surface area contributed by atoms with E-state index < -0.39 is 30.5 Å². The predicted octanol–water partition coefficient (Wildman–Crippen LogP) is 2.68. The summed E-state index contributed by atoms with van der Waals surface area (Å²) in [6.07, 6.45) is -3.97. The van der Waals surface area contributed by atoms with Gasteiger partial charge in [0.15, 0.2) is 0 Å². The highest BCUT2D eigenvalue weighted by Gasteiger charge is 2.43. The van der Waals surface area contributed by atoms with Gasteiger partial charge in [-0.05, 0) is 39.5 Å². The fourth-order valence-corrected chi connectivity index (χ4v) is 2.56. The Morgan fingerprint density at radius 1 is 1.20 bits per heavy atom. The third kappa shape index (κ3) is 4.38. The highest BCUT2D eigenvalue weighted by atomic mass is 19.4. The lowest BCUT2D eigenvalue weighted by Gasteiger charge is -2.33. The molecule has 0 bridgehead atoms. The number of alkyl halides is 3. The number of carbonyl (C=O) groups is 2. The van der Waals surface area contributed by atoms with Crippen molar-refractivity contribution < 1.29 is 27.9 Å². The molecule has 0 spiro atoms. The van der Waals surface area contributed by atoms with E-state index in [1.807, 2.05) is 0 Å². The van der Waals surface area contributed by atoms with Gasteiger partial charge in [0.05, 0.1) is 5.92 Å². The van der Waals surface area contributed by atoms with Gasteiger partial charge >= 0.3 is 12.1 Å². The standard InChI is InChI=1S/C13H20F3NO3/c1-8(2)17(7-11(18)19)12(20)9-3-5-10(6-4-9)13(14,15)16/h8-10H,3-7H2,1-2H3,(H,18,19). The number of halogens is 3. The van der Waals surface area contributed by atoms with Gasteiger partial charge in [0.1, 0.15) is 6.54 Å². The van der Waals surface area contributed by atoms with Crippen molar-refractivity contribution in [2.75, 3.05) is 6.54 Å². The van der Waals surface area contributed by atoms with Gasteiger partial charge in [0.2, 0.25) is 5.91 Å². The first kappa shape index (κ1) is 16.8. The Morgan fingerprint density at radius 3 is 2.05 bits per heavy atom. The van der Waals surface area contributed by atoms with E-state index in [9.17, 15) is 22.8 Å². The molecular weight excluding hydrogens is 275 g/mol. The molecule has 0 unspecified atom stereocenters. The summed E-state index contributed by atoms with van der Waals surface area (Å²) >= 11 is 0. The number of aliphatic carboxylic acids is 1. The van der Waals surface area contributed by atoms with E-state index in [1.165, 1.54) is 4.90 Å². The molecule has 0 aromatic carbocycles. The molecule has 1 aliphatic carbocycles. The second kappa shape index (κ2) is 6.45. The normalized spacial score (nSPS) is 23.7. The Hall–Kier alpha value is -1.27. The Bertz CT molecular complexity index is 360. The van der Waals surface area contributed by atoms with Crippen molar-refractivity contribution in [2.24, 2.45) is 11.8 Å². The molecule has 7 heteroatoms. The molecule has 0 radical (unpaired) electrons. The van der Waals surface area contributed by atoms with E-state index in [-0.39, 0.29) is 37.6 Å². The van der Waals surface area contributed by atoms with Crippen molar-refractivity contribution in [1.82, 2.24) is 4.90 Å². The fraction of sp³-hybridized carbons (Fsp3) is 0.846. The molecule has 0 heterocycles. The number of carboxylic acid groups (broad SMARTS) is 1. The minimum Gasteiger partial charge on any atom is -0.480 e. The SMILES string of the molecule is CC(C)N(CC(=O)O)C(=O)C1CCC(C(F)(F)F)CC1. The number of rotatable bonds is 4. The van der Waals surface area contributed by atoms with Gasteiger partial charge in [-0.3, -0.25) is 9.59 Å². The Labute approximate surface area is 115 Å². The zero-order valence-corrected chi connectivity index (χ0v) is 11.6. The largest absolute Gasteiger partial charge is 0.480 e. The number of nitrogens with zero attached hydrogens (tertiary/aromatic N) is 1. The van der Waals surface area contributed by atoms with Gasteiger partial charge in [0.25, 0.3) is 0 Å². The van der Waals surface area contributed by atoms with Crippen molar-refractivity contribution in [3.05, 3.63) is 0 Å². The highest BCUT2D eigenvalue weighted by molar-refractivity contribution is 5.83. The van der Waals surface area contributed by atoms with Crippen LogP contribution in [0, 0.1) is 11.8 Å². The van der Waals surface area contributed by atoms with Crippen molar-refractivity contribution in [3.8, 4) is 0 Å². The smallest absolute Gasteiger partial charge is 0.391 e. The van der Waals surface area contributed by atoms with Gasteiger partial charge in [0, 0.05) is 12.0 Å². The maximum Gasteiger partial charge on any atom is 0.391 e. The molecule has 116 valence electrons. The number of hydrogen-bond donors (Lipinski definition) is 1. The summed E-state index contributed by atoms with van der Waals surface area (Å²) in [7, 11) is 0. The first-order chi connectivity index (χ1) is 9.12. The van der Waals surface area contributed by atoms with Gasteiger partial charge in [-0.25, -0.2) is 0 Å². The third-order valence-electron chi connectivity index (χ3n) is 3.75. The van der Waals surface area contributed by atoms with Crippen LogP contribution in [-0.2, 0) is 9.59 Å². The van der Waals surface area contributed by atoms with Crippen LogP contribution in [-0.4, -0.2) is 40.6 Å². The van der Waals surface area contributed by atoms with Gasteiger partial charge in [-0.1, -0.05) is 0 Å². The topological polar surface area (TPSA) is 57.6 Å². The van der Waals surface area contributed by atoms with Crippen LogP contribution >= 0.6 is 0 Å². The highest BCUT2D eigenvalue weighted by Crippen LogP contribution is 2.40. The summed E-state index contributed by atoms with van der Waals surface area (Å²) in [5.41, 5.74) is 0. The van der Waals surface area contributed by atoms with E-state index >= 15 is 0 Å². The Morgan fingerprint density at radius 2 is 1.70 bits per heavy atom. The van der Waals surface area contributed by atoms with Crippen molar-refractivity contribution in [2.45, 2.75) is 51.7 Å². The molecule has 0 atom stereocenters. The molecular formula is C13H20F3NO3. The minimum absolute atomic E-state index is 0.0566. The van der Waals surface area contributed by atoms with Crippen LogP contribution in [0.5, 0.6) is 0 Å². The second-order valence-electron chi connectivity index (χ2n) is 5.54. The average Bonchev–Trinajstić information content (AvgIpc) is 2.33. The first-order valence-corrected chi connectivity index (χ1v) is 6.72. The molecule has 0 saturated heterocycles. The molecule has 0 aliphatic heterocycles. The maximum atomic E-state index is 12.6. The lowest BCUT2D eigenvalue weighted by Crippen LogP contribution is -2.45. The van der Waals surface area contributed by atoms with Gasteiger partial charge < -0.3 is 10.0 Å². The first-order valence-electron chi connectivity index (χ1n) is 6.72. The van der Waals surface area contributed by atoms with Crippen LogP contribution < -0.4 is 0 Å². The molecule has 1 saturated carbocycles. The van der Waals surface area contributed by atoms with Crippen molar-refractivity contribution in [1.29, 1.82) is 0 Å². The maximum absolute atomic E-state index is 12.6. The number of amides is 1. The Balaban J connectivity index is 2.63. The van der Waals surface area contributed by atoms with Gasteiger partial charge in [-0.15, -0.1) is 0 Å². The summed E-state index contributed by atoms with van der Waals surface area (Å²) in [6.45, 7) is 2.99. The van der Waals surface area contributed by atoms with Crippen molar-refractivity contribution in [3.63, 3.8) is 0 Å². The Kier molecular flexibility index (Phi) is 5.42. The molecule has 20 heavy (non-hydrogen) atoms. The van der Waals surface area contributed by atoms with E-state index in [4.69, 9.17) is 5.11 Å². The molecule has 4 nitrogen and oxygen atoms in total. The molecule has 1 amide bonds. The molecule has 0 aromatic rings. The summed E-state index contributed by atoms with van der Waals surface area (Å²) < 4.78 is 37.7. The zero-order valence-electron chi connectivity index (χ0n) is 11.6. The second-order valence-corrected chi connectivity index (χ2v) is 5.54. The van der Waals surface area contributed by atoms with Crippen molar-refractivity contribution >= 4 is 11.9 Å². The van der Waals surface area contributed by atoms with E-state index in [0.29, 0.717) is 0 Å². The number of carboxylic acids is 1.